The summed E-state index contributed by atoms with van der Waals surface area (Å²) in [5, 5.41) is 17.2. The molecule has 5 aliphatic heterocycles. The molecule has 6 rings (SSSR count). The minimum atomic E-state index is -0.517. The van der Waals surface area contributed by atoms with Crippen molar-refractivity contribution in [3.05, 3.63) is 36.2 Å². The van der Waals surface area contributed by atoms with E-state index < -0.39 is 5.41 Å². The number of carbonyl (C=O) groups excluding carboxylic acids is 1. The zero-order valence-corrected chi connectivity index (χ0v) is 17.9. The molecule has 2 atom stereocenters. The van der Waals surface area contributed by atoms with E-state index >= 15 is 0 Å². The predicted molar refractivity (Wildman–Crippen MR) is 121 cm³/mol. The third-order valence-electron chi connectivity index (χ3n) is 7.30. The van der Waals surface area contributed by atoms with E-state index in [0.29, 0.717) is 11.4 Å². The lowest BCUT2D eigenvalue weighted by Gasteiger charge is -2.33. The molecule has 1 unspecified atom stereocenters. The van der Waals surface area contributed by atoms with Gasteiger partial charge < -0.3 is 16.0 Å². The van der Waals surface area contributed by atoms with Gasteiger partial charge in [-0.25, -0.2) is 0 Å². The molecule has 1 amide bonds. The number of nitrogens with one attached hydrogen (secondary N) is 3. The minimum Gasteiger partial charge on any atom is -0.325 e. The van der Waals surface area contributed by atoms with Crippen LogP contribution < -0.4 is 16.0 Å². The molecule has 1 aromatic rings. The molecule has 0 aromatic heterocycles. The van der Waals surface area contributed by atoms with Gasteiger partial charge in [-0.05, 0) is 60.7 Å². The molecule has 160 valence electrons. The Morgan fingerprint density at radius 3 is 3.00 bits per heavy atom. The number of benzene rings is 1. The number of anilines is 2. The van der Waals surface area contributed by atoms with Gasteiger partial charge in [-0.2, -0.15) is 0 Å². The first-order valence-electron chi connectivity index (χ1n) is 10.9. The predicted octanol–water partition coefficient (Wildman–Crippen LogP) is 1.98. The maximum Gasteiger partial charge on any atom is 0.301 e. The van der Waals surface area contributed by atoms with Crippen LogP contribution in [0.25, 0.3) is 0 Å². The van der Waals surface area contributed by atoms with Crippen LogP contribution in [-0.2, 0) is 10.2 Å². The average molecular weight is 420 g/mol. The fourth-order valence-electron chi connectivity index (χ4n) is 5.34. The summed E-state index contributed by atoms with van der Waals surface area (Å²) in [7, 11) is 0. The number of rotatable bonds is 2. The number of carbonyl (C=O) groups is 1. The molecule has 9 nitrogen and oxygen atoms in total. The van der Waals surface area contributed by atoms with Crippen molar-refractivity contribution in [2.24, 2.45) is 20.5 Å². The number of aliphatic imine (C=N–C) groups is 2. The van der Waals surface area contributed by atoms with Crippen LogP contribution in [0, 0.1) is 5.41 Å². The highest BCUT2D eigenvalue weighted by molar-refractivity contribution is 6.30. The summed E-state index contributed by atoms with van der Waals surface area (Å²) >= 11 is 0. The van der Waals surface area contributed by atoms with Gasteiger partial charge in [0.05, 0.1) is 24.7 Å². The molecule has 0 radical (unpaired) electrons. The van der Waals surface area contributed by atoms with Gasteiger partial charge in [0.15, 0.2) is 6.20 Å². The van der Waals surface area contributed by atoms with Gasteiger partial charge in [0.25, 0.3) is 5.96 Å². The molecule has 2 fully saturated rings. The molecule has 9 heteroatoms. The van der Waals surface area contributed by atoms with Crippen LogP contribution in [0.5, 0.6) is 0 Å². The van der Waals surface area contributed by atoms with Crippen molar-refractivity contribution in [1.29, 1.82) is 0 Å². The van der Waals surface area contributed by atoms with Crippen molar-refractivity contribution >= 4 is 35.3 Å². The van der Waals surface area contributed by atoms with Crippen LogP contribution in [0.15, 0.2) is 45.7 Å². The first kappa shape index (κ1) is 18.9. The SMILES string of the molecule is CC1(C)C(=O)Nc2cc(NC3=N[N@+]4(N5CCC6(CCNC6)C5)C=CN=CC4=N3)ccc21. The summed E-state index contributed by atoms with van der Waals surface area (Å²) in [6, 6.07) is 5.92. The van der Waals surface area contributed by atoms with E-state index in [-0.39, 0.29) is 10.6 Å². The Balaban J connectivity index is 1.29. The Bertz CT molecular complexity index is 1090. The molecule has 0 bridgehead atoms. The molecule has 5 aliphatic rings. The lowest BCUT2D eigenvalue weighted by molar-refractivity contribution is -0.915. The maximum atomic E-state index is 12.3. The van der Waals surface area contributed by atoms with Gasteiger partial charge in [-0.3, -0.25) is 9.79 Å². The number of amidine groups is 1. The molecule has 0 saturated carbocycles. The summed E-state index contributed by atoms with van der Waals surface area (Å²) in [6.07, 6.45) is 7.97. The highest BCUT2D eigenvalue weighted by Crippen LogP contribution is 2.41. The van der Waals surface area contributed by atoms with E-state index in [4.69, 9.17) is 10.1 Å². The van der Waals surface area contributed by atoms with Crippen molar-refractivity contribution in [2.75, 3.05) is 36.8 Å². The summed E-state index contributed by atoms with van der Waals surface area (Å²) in [6.45, 7) is 7.99. The Hall–Kier alpha value is -2.88. The number of hydrogen-bond donors (Lipinski definition) is 3. The second-order valence-corrected chi connectivity index (χ2v) is 9.65. The van der Waals surface area contributed by atoms with E-state index in [0.717, 1.165) is 55.4 Å². The zero-order valence-electron chi connectivity index (χ0n) is 17.9. The van der Waals surface area contributed by atoms with Crippen LogP contribution in [0.2, 0.25) is 0 Å². The fourth-order valence-corrected chi connectivity index (χ4v) is 5.34. The average Bonchev–Trinajstić information content (AvgIpc) is 3.50. The van der Waals surface area contributed by atoms with Gasteiger partial charge in [0, 0.05) is 23.3 Å². The molecule has 2 saturated heterocycles. The normalized spacial score (nSPS) is 32.8. The van der Waals surface area contributed by atoms with Gasteiger partial charge >= 0.3 is 5.84 Å². The van der Waals surface area contributed by atoms with E-state index in [1.165, 1.54) is 6.42 Å². The number of nitrogens with zero attached hydrogens (tertiary/aromatic N) is 5. The van der Waals surface area contributed by atoms with Crippen LogP contribution >= 0.6 is 0 Å². The zero-order chi connectivity index (χ0) is 21.3. The Morgan fingerprint density at radius 1 is 1.26 bits per heavy atom. The largest absolute Gasteiger partial charge is 0.325 e. The molecule has 3 N–H and O–H groups in total. The van der Waals surface area contributed by atoms with Crippen LogP contribution in [-0.4, -0.2) is 59.8 Å². The summed E-state index contributed by atoms with van der Waals surface area (Å²) in [5.74, 6) is 1.36. The van der Waals surface area contributed by atoms with Gasteiger partial charge in [-0.15, -0.1) is 10.0 Å². The summed E-state index contributed by atoms with van der Waals surface area (Å²) in [4.78, 5) is 21.3. The number of hydrogen-bond acceptors (Lipinski definition) is 7. The van der Waals surface area contributed by atoms with Gasteiger partial charge in [-0.1, -0.05) is 6.07 Å². The van der Waals surface area contributed by atoms with Crippen molar-refractivity contribution in [3.8, 4) is 0 Å². The van der Waals surface area contributed by atoms with Gasteiger partial charge in [0.2, 0.25) is 5.91 Å². The van der Waals surface area contributed by atoms with Crippen LogP contribution in [0.3, 0.4) is 0 Å². The lowest BCUT2D eigenvalue weighted by atomic mass is 9.86. The first-order chi connectivity index (χ1) is 14.9. The minimum absolute atomic E-state index is 0.0189. The molecule has 31 heavy (non-hydrogen) atoms. The Kier molecular flexibility index (Phi) is 3.84. The Labute approximate surface area is 181 Å². The quantitative estimate of drug-likeness (QED) is 0.639. The molecule has 1 spiro atoms. The van der Waals surface area contributed by atoms with Crippen LogP contribution in [0.4, 0.5) is 11.4 Å². The number of fused-ring (bicyclic) bond motifs is 2. The fraction of sp³-hybridized carbons (Fsp3) is 0.455. The van der Waals surface area contributed by atoms with Crippen molar-refractivity contribution in [3.63, 3.8) is 0 Å². The highest BCUT2D eigenvalue weighted by atomic mass is 16.2. The monoisotopic (exact) mass is 419 g/mol. The maximum absolute atomic E-state index is 12.3. The molecule has 5 heterocycles. The van der Waals surface area contributed by atoms with Crippen molar-refractivity contribution < 1.29 is 9.50 Å². The topological polar surface area (TPSA) is 93.5 Å². The standard InChI is InChI=1S/C22H26N8O/c1-21(2)16-4-3-15(11-17(16)26-19(21)31)25-20-27-18-12-23-8-10-30(18,28-20)29-9-6-22(14-29)5-7-24-13-22/h3-4,8,10-12,24H,5-7,9,13-14H2,1-2H3,(H-,25,26,28,31)/p+1/t22?,30-/m0/s1. The number of guanidine groups is 1. The third-order valence-corrected chi connectivity index (χ3v) is 7.30. The van der Waals surface area contributed by atoms with Crippen LogP contribution in [0.1, 0.15) is 32.3 Å². The van der Waals surface area contributed by atoms with Crippen molar-refractivity contribution in [2.45, 2.75) is 32.1 Å². The number of quaternary nitrogens is 1. The molecular formula is C22H27N8O+. The van der Waals surface area contributed by atoms with Crippen molar-refractivity contribution in [1.82, 2.24) is 10.3 Å². The van der Waals surface area contributed by atoms with E-state index in [2.05, 4.69) is 26.0 Å². The summed E-state index contributed by atoms with van der Waals surface area (Å²) < 4.78 is 0.238. The lowest BCUT2D eigenvalue weighted by Crippen LogP contribution is -2.56. The van der Waals surface area contributed by atoms with E-state index in [9.17, 15) is 4.79 Å². The smallest absolute Gasteiger partial charge is 0.301 e. The third kappa shape index (κ3) is 2.73. The van der Waals surface area contributed by atoms with Gasteiger partial charge in [0.1, 0.15) is 6.21 Å². The highest BCUT2D eigenvalue weighted by Gasteiger charge is 2.53. The molecular weight excluding hydrogens is 392 g/mol. The number of amides is 1. The van der Waals surface area contributed by atoms with E-state index in [1.807, 2.05) is 38.2 Å². The first-order valence-corrected chi connectivity index (χ1v) is 10.9. The van der Waals surface area contributed by atoms with E-state index in [1.54, 1.807) is 12.4 Å². The molecule has 1 aromatic carbocycles. The second-order valence-electron chi connectivity index (χ2n) is 9.65. The molecule has 0 aliphatic carbocycles. The Morgan fingerprint density at radius 2 is 2.16 bits per heavy atom. The second kappa shape index (κ2) is 6.32. The summed E-state index contributed by atoms with van der Waals surface area (Å²) in [5.41, 5.74) is 2.50.